The molecule has 2 aliphatic heterocycles. The Morgan fingerprint density at radius 3 is 2.47 bits per heavy atom. The molecule has 0 aromatic heterocycles. The standard InChI is InChI=1S/C13H24N2O2/c1-13(2,3)17-12(16)15-8-7-10-5-6-11(9-15)14(10)4/h10-11H,5-9H2,1-4H3. The Hall–Kier alpha value is -0.770. The van der Waals surface area contributed by atoms with Crippen molar-refractivity contribution < 1.29 is 9.53 Å². The Balaban J connectivity index is 1.97. The summed E-state index contributed by atoms with van der Waals surface area (Å²) in [4.78, 5) is 16.4. The fraction of sp³-hybridized carbons (Fsp3) is 0.923. The molecule has 0 N–H and O–H groups in total. The fourth-order valence-electron chi connectivity index (χ4n) is 2.80. The molecule has 2 aliphatic rings. The number of ether oxygens (including phenoxy) is 1. The van der Waals surface area contributed by atoms with Crippen LogP contribution in [-0.4, -0.2) is 53.7 Å². The number of likely N-dealkylation sites (N-methyl/N-ethyl adjacent to an activating group) is 1. The summed E-state index contributed by atoms with van der Waals surface area (Å²) in [5.41, 5.74) is -0.395. The lowest BCUT2D eigenvalue weighted by molar-refractivity contribution is 0.0235. The van der Waals surface area contributed by atoms with Crippen molar-refractivity contribution in [1.82, 2.24) is 9.80 Å². The highest BCUT2D eigenvalue weighted by Crippen LogP contribution is 2.28. The molecule has 2 heterocycles. The van der Waals surface area contributed by atoms with E-state index in [-0.39, 0.29) is 6.09 Å². The minimum absolute atomic E-state index is 0.154. The summed E-state index contributed by atoms with van der Waals surface area (Å²) in [6, 6.07) is 1.18. The van der Waals surface area contributed by atoms with Crippen LogP contribution in [0.1, 0.15) is 40.0 Å². The maximum Gasteiger partial charge on any atom is 0.410 e. The van der Waals surface area contributed by atoms with Crippen LogP contribution in [0.5, 0.6) is 0 Å². The van der Waals surface area contributed by atoms with Crippen LogP contribution < -0.4 is 0 Å². The number of rotatable bonds is 0. The van der Waals surface area contributed by atoms with Crippen LogP contribution in [0.4, 0.5) is 4.79 Å². The molecule has 2 rings (SSSR count). The first-order chi connectivity index (χ1) is 7.87. The molecule has 2 bridgehead atoms. The van der Waals surface area contributed by atoms with Gasteiger partial charge in [0.2, 0.25) is 0 Å². The second kappa shape index (κ2) is 4.48. The van der Waals surface area contributed by atoms with E-state index in [0.29, 0.717) is 12.1 Å². The van der Waals surface area contributed by atoms with Gasteiger partial charge in [0.25, 0.3) is 0 Å². The van der Waals surface area contributed by atoms with E-state index < -0.39 is 5.60 Å². The van der Waals surface area contributed by atoms with Gasteiger partial charge in [-0.2, -0.15) is 0 Å². The molecule has 2 saturated heterocycles. The quantitative estimate of drug-likeness (QED) is 0.650. The first kappa shape index (κ1) is 12.7. The fourth-order valence-corrected chi connectivity index (χ4v) is 2.80. The van der Waals surface area contributed by atoms with Crippen LogP contribution >= 0.6 is 0 Å². The van der Waals surface area contributed by atoms with E-state index in [2.05, 4.69) is 11.9 Å². The lowest BCUT2D eigenvalue weighted by Crippen LogP contribution is -2.42. The zero-order valence-electron chi connectivity index (χ0n) is 11.4. The highest BCUT2D eigenvalue weighted by Gasteiger charge is 2.37. The van der Waals surface area contributed by atoms with Crippen molar-refractivity contribution in [3.63, 3.8) is 0 Å². The van der Waals surface area contributed by atoms with Crippen LogP contribution in [0.25, 0.3) is 0 Å². The van der Waals surface area contributed by atoms with Crippen molar-refractivity contribution in [3.8, 4) is 0 Å². The van der Waals surface area contributed by atoms with Crippen LogP contribution in [0, 0.1) is 0 Å². The molecule has 0 aliphatic carbocycles. The lowest BCUT2D eigenvalue weighted by Gasteiger charge is -2.28. The number of likely N-dealkylation sites (tertiary alicyclic amines) is 1. The van der Waals surface area contributed by atoms with E-state index in [1.54, 1.807) is 0 Å². The van der Waals surface area contributed by atoms with Gasteiger partial charge in [-0.15, -0.1) is 0 Å². The largest absolute Gasteiger partial charge is 0.444 e. The number of amides is 1. The van der Waals surface area contributed by atoms with Crippen LogP contribution in [0.15, 0.2) is 0 Å². The zero-order valence-corrected chi connectivity index (χ0v) is 11.4. The molecule has 0 aromatic rings. The monoisotopic (exact) mass is 240 g/mol. The van der Waals surface area contributed by atoms with E-state index >= 15 is 0 Å². The molecule has 0 radical (unpaired) electrons. The predicted octanol–water partition coefficient (Wildman–Crippen LogP) is 2.09. The summed E-state index contributed by atoms with van der Waals surface area (Å²) < 4.78 is 5.44. The number of hydrogen-bond acceptors (Lipinski definition) is 3. The van der Waals surface area contributed by atoms with Crippen molar-refractivity contribution in [2.24, 2.45) is 0 Å². The van der Waals surface area contributed by atoms with E-state index in [4.69, 9.17) is 4.74 Å². The SMILES string of the molecule is CN1C2CCC1CN(C(=O)OC(C)(C)C)CC2. The maximum atomic E-state index is 12.0. The van der Waals surface area contributed by atoms with E-state index in [1.165, 1.54) is 12.8 Å². The molecule has 1 amide bonds. The molecule has 0 spiro atoms. The van der Waals surface area contributed by atoms with Gasteiger partial charge in [0, 0.05) is 25.2 Å². The van der Waals surface area contributed by atoms with Gasteiger partial charge in [0.15, 0.2) is 0 Å². The summed E-state index contributed by atoms with van der Waals surface area (Å²) in [5, 5.41) is 0. The summed E-state index contributed by atoms with van der Waals surface area (Å²) in [5.74, 6) is 0. The molecule has 0 aromatic carbocycles. The third-order valence-corrected chi connectivity index (χ3v) is 3.80. The van der Waals surface area contributed by atoms with E-state index in [0.717, 1.165) is 19.5 Å². The topological polar surface area (TPSA) is 32.8 Å². The minimum atomic E-state index is -0.395. The number of carbonyl (C=O) groups is 1. The van der Waals surface area contributed by atoms with Crippen LogP contribution in [-0.2, 0) is 4.74 Å². The molecule has 17 heavy (non-hydrogen) atoms. The highest BCUT2D eigenvalue weighted by molar-refractivity contribution is 5.68. The Morgan fingerprint density at radius 2 is 1.82 bits per heavy atom. The van der Waals surface area contributed by atoms with Crippen LogP contribution in [0.2, 0.25) is 0 Å². The Bertz CT molecular complexity index is 298. The van der Waals surface area contributed by atoms with Gasteiger partial charge in [-0.05, 0) is 47.1 Å². The van der Waals surface area contributed by atoms with Crippen molar-refractivity contribution in [3.05, 3.63) is 0 Å². The minimum Gasteiger partial charge on any atom is -0.444 e. The first-order valence-electron chi connectivity index (χ1n) is 6.57. The van der Waals surface area contributed by atoms with Gasteiger partial charge in [-0.1, -0.05) is 0 Å². The molecule has 2 fully saturated rings. The number of fused-ring (bicyclic) bond motifs is 2. The molecule has 2 atom stereocenters. The van der Waals surface area contributed by atoms with Gasteiger partial charge < -0.3 is 9.64 Å². The van der Waals surface area contributed by atoms with Gasteiger partial charge in [-0.3, -0.25) is 4.90 Å². The molecular formula is C13H24N2O2. The average molecular weight is 240 g/mol. The third-order valence-electron chi connectivity index (χ3n) is 3.80. The maximum absolute atomic E-state index is 12.0. The first-order valence-corrected chi connectivity index (χ1v) is 6.57. The average Bonchev–Trinajstić information content (AvgIpc) is 2.37. The molecular weight excluding hydrogens is 216 g/mol. The van der Waals surface area contributed by atoms with Crippen LogP contribution in [0.3, 0.4) is 0 Å². The normalized spacial score (nSPS) is 30.2. The third kappa shape index (κ3) is 2.92. The molecule has 0 saturated carbocycles. The number of nitrogens with zero attached hydrogens (tertiary/aromatic N) is 2. The van der Waals surface area contributed by atoms with E-state index in [1.807, 2.05) is 25.7 Å². The zero-order chi connectivity index (χ0) is 12.6. The van der Waals surface area contributed by atoms with Crippen molar-refractivity contribution in [1.29, 1.82) is 0 Å². The molecule has 4 heteroatoms. The number of carbonyl (C=O) groups excluding carboxylic acids is 1. The Morgan fingerprint density at radius 1 is 1.18 bits per heavy atom. The Kier molecular flexibility index (Phi) is 3.34. The molecule has 98 valence electrons. The molecule has 4 nitrogen and oxygen atoms in total. The van der Waals surface area contributed by atoms with Gasteiger partial charge in [0.1, 0.15) is 5.60 Å². The van der Waals surface area contributed by atoms with E-state index in [9.17, 15) is 4.79 Å². The highest BCUT2D eigenvalue weighted by atomic mass is 16.6. The van der Waals surface area contributed by atoms with Crippen molar-refractivity contribution in [2.45, 2.75) is 57.7 Å². The smallest absolute Gasteiger partial charge is 0.410 e. The van der Waals surface area contributed by atoms with Crippen molar-refractivity contribution >= 4 is 6.09 Å². The van der Waals surface area contributed by atoms with Gasteiger partial charge in [0.05, 0.1) is 0 Å². The summed E-state index contributed by atoms with van der Waals surface area (Å²) in [7, 11) is 2.18. The molecule has 2 unspecified atom stereocenters. The van der Waals surface area contributed by atoms with Gasteiger partial charge >= 0.3 is 6.09 Å². The second-order valence-electron chi connectivity index (χ2n) is 6.27. The summed E-state index contributed by atoms with van der Waals surface area (Å²) in [6.07, 6.45) is 3.41. The predicted molar refractivity (Wildman–Crippen MR) is 67.0 cm³/mol. The van der Waals surface area contributed by atoms with Gasteiger partial charge in [-0.25, -0.2) is 4.79 Å². The number of hydrogen-bond donors (Lipinski definition) is 0. The Labute approximate surface area is 104 Å². The summed E-state index contributed by atoms with van der Waals surface area (Å²) in [6.45, 7) is 7.41. The second-order valence-corrected chi connectivity index (χ2v) is 6.27. The van der Waals surface area contributed by atoms with Crippen molar-refractivity contribution in [2.75, 3.05) is 20.1 Å². The summed E-state index contributed by atoms with van der Waals surface area (Å²) >= 11 is 0. The lowest BCUT2D eigenvalue weighted by atomic mass is 10.1.